The van der Waals surface area contributed by atoms with Crippen molar-refractivity contribution in [2.75, 3.05) is 13.1 Å². The largest absolute Gasteiger partial charge is 0.372 e. The standard InChI is InChI=1S/C13H15Br2NO2/c1-8-6-16(7-9(2)18-8)13(17)11-5-10(14)3-4-12(11)15/h3-5,8-9H,6-7H2,1-2H3/t8-,9+. The Bertz CT molecular complexity index is 454. The summed E-state index contributed by atoms with van der Waals surface area (Å²) >= 11 is 6.82. The highest BCUT2D eigenvalue weighted by atomic mass is 79.9. The summed E-state index contributed by atoms with van der Waals surface area (Å²) in [7, 11) is 0. The fourth-order valence-electron chi connectivity index (χ4n) is 2.18. The number of nitrogens with zero attached hydrogens (tertiary/aromatic N) is 1. The molecule has 1 heterocycles. The number of hydrogen-bond acceptors (Lipinski definition) is 2. The van der Waals surface area contributed by atoms with Gasteiger partial charge >= 0.3 is 0 Å². The van der Waals surface area contributed by atoms with Gasteiger partial charge in [-0.15, -0.1) is 0 Å². The van der Waals surface area contributed by atoms with E-state index in [1.54, 1.807) is 0 Å². The van der Waals surface area contributed by atoms with E-state index in [4.69, 9.17) is 4.74 Å². The summed E-state index contributed by atoms with van der Waals surface area (Å²) in [5, 5.41) is 0. The molecule has 0 radical (unpaired) electrons. The number of hydrogen-bond donors (Lipinski definition) is 0. The molecule has 0 saturated carbocycles. The molecule has 1 aromatic carbocycles. The molecule has 1 aliphatic heterocycles. The number of carbonyl (C=O) groups is 1. The van der Waals surface area contributed by atoms with E-state index in [0.29, 0.717) is 18.7 Å². The van der Waals surface area contributed by atoms with E-state index in [2.05, 4.69) is 31.9 Å². The van der Waals surface area contributed by atoms with E-state index < -0.39 is 0 Å². The monoisotopic (exact) mass is 375 g/mol. The van der Waals surface area contributed by atoms with Crippen LogP contribution in [0.4, 0.5) is 0 Å². The van der Waals surface area contributed by atoms with Gasteiger partial charge in [0.25, 0.3) is 5.91 Å². The zero-order valence-corrected chi connectivity index (χ0v) is 13.5. The Kier molecular flexibility index (Phi) is 4.45. The third-order valence-electron chi connectivity index (χ3n) is 2.87. The van der Waals surface area contributed by atoms with Gasteiger partial charge in [0, 0.05) is 22.0 Å². The first-order valence-corrected chi connectivity index (χ1v) is 7.45. The molecule has 18 heavy (non-hydrogen) atoms. The van der Waals surface area contributed by atoms with Crippen molar-refractivity contribution in [1.29, 1.82) is 0 Å². The van der Waals surface area contributed by atoms with Gasteiger partial charge < -0.3 is 9.64 Å². The molecule has 98 valence electrons. The molecule has 1 fully saturated rings. The van der Waals surface area contributed by atoms with Crippen molar-refractivity contribution >= 4 is 37.8 Å². The van der Waals surface area contributed by atoms with Crippen LogP contribution in [-0.2, 0) is 4.74 Å². The molecular weight excluding hydrogens is 362 g/mol. The number of rotatable bonds is 1. The molecule has 0 aromatic heterocycles. The van der Waals surface area contributed by atoms with Gasteiger partial charge in [-0.25, -0.2) is 0 Å². The molecule has 0 aliphatic carbocycles. The van der Waals surface area contributed by atoms with E-state index in [0.717, 1.165) is 8.95 Å². The lowest BCUT2D eigenvalue weighted by molar-refractivity contribution is -0.0586. The van der Waals surface area contributed by atoms with Crippen molar-refractivity contribution < 1.29 is 9.53 Å². The van der Waals surface area contributed by atoms with Crippen molar-refractivity contribution in [3.63, 3.8) is 0 Å². The lowest BCUT2D eigenvalue weighted by atomic mass is 10.1. The van der Waals surface area contributed by atoms with E-state index in [9.17, 15) is 4.79 Å². The lowest BCUT2D eigenvalue weighted by Gasteiger charge is -2.35. The molecule has 1 aliphatic rings. The SMILES string of the molecule is C[C@@H]1CN(C(=O)c2cc(Br)ccc2Br)C[C@H](C)O1. The fraction of sp³-hybridized carbons (Fsp3) is 0.462. The average molecular weight is 377 g/mol. The first kappa shape index (κ1) is 14.0. The highest BCUT2D eigenvalue weighted by Gasteiger charge is 2.27. The number of carbonyl (C=O) groups excluding carboxylic acids is 1. The molecule has 1 amide bonds. The summed E-state index contributed by atoms with van der Waals surface area (Å²) in [5.41, 5.74) is 0.686. The van der Waals surface area contributed by atoms with Gasteiger partial charge in [0.2, 0.25) is 0 Å². The Morgan fingerprint density at radius 3 is 2.50 bits per heavy atom. The van der Waals surface area contributed by atoms with Crippen LogP contribution in [0.25, 0.3) is 0 Å². The molecule has 1 saturated heterocycles. The molecule has 1 aromatic rings. The Labute approximate surface area is 124 Å². The maximum Gasteiger partial charge on any atom is 0.255 e. The van der Waals surface area contributed by atoms with Gasteiger partial charge in [-0.2, -0.15) is 0 Å². The Balaban J connectivity index is 2.22. The Hall–Kier alpha value is -0.390. The molecule has 0 unspecified atom stereocenters. The summed E-state index contributed by atoms with van der Waals surface area (Å²) in [6.07, 6.45) is 0.173. The zero-order valence-electron chi connectivity index (χ0n) is 10.3. The molecule has 2 atom stereocenters. The first-order chi connectivity index (χ1) is 8.47. The summed E-state index contributed by atoms with van der Waals surface area (Å²) in [6.45, 7) is 5.27. The first-order valence-electron chi connectivity index (χ1n) is 5.87. The van der Waals surface area contributed by atoms with Crippen molar-refractivity contribution in [3.05, 3.63) is 32.7 Å². The van der Waals surface area contributed by atoms with Crippen LogP contribution in [0.1, 0.15) is 24.2 Å². The van der Waals surface area contributed by atoms with Gasteiger partial charge in [0.05, 0.1) is 17.8 Å². The predicted molar refractivity (Wildman–Crippen MR) is 77.8 cm³/mol. The molecular formula is C13H15Br2NO2. The van der Waals surface area contributed by atoms with Gasteiger partial charge in [-0.05, 0) is 48.0 Å². The number of benzene rings is 1. The molecule has 5 heteroatoms. The molecule has 0 bridgehead atoms. The second-order valence-corrected chi connectivity index (χ2v) is 6.36. The number of morpholine rings is 1. The number of halogens is 2. The van der Waals surface area contributed by atoms with Gasteiger partial charge in [-0.3, -0.25) is 4.79 Å². The van der Waals surface area contributed by atoms with Crippen molar-refractivity contribution in [2.45, 2.75) is 26.1 Å². The van der Waals surface area contributed by atoms with Crippen LogP contribution in [0.2, 0.25) is 0 Å². The van der Waals surface area contributed by atoms with E-state index in [1.807, 2.05) is 36.9 Å². The lowest BCUT2D eigenvalue weighted by Crippen LogP contribution is -2.48. The molecule has 0 spiro atoms. The minimum atomic E-state index is 0.0465. The van der Waals surface area contributed by atoms with Crippen LogP contribution < -0.4 is 0 Å². The third kappa shape index (κ3) is 3.13. The third-order valence-corrected chi connectivity index (χ3v) is 4.05. The van der Waals surface area contributed by atoms with Crippen LogP contribution in [0, 0.1) is 0 Å². The average Bonchev–Trinajstić information content (AvgIpc) is 2.30. The fourth-order valence-corrected chi connectivity index (χ4v) is 2.95. The Morgan fingerprint density at radius 1 is 1.28 bits per heavy atom. The van der Waals surface area contributed by atoms with Crippen molar-refractivity contribution in [3.8, 4) is 0 Å². The van der Waals surface area contributed by atoms with E-state index >= 15 is 0 Å². The van der Waals surface area contributed by atoms with E-state index in [-0.39, 0.29) is 18.1 Å². The van der Waals surface area contributed by atoms with Crippen LogP contribution in [-0.4, -0.2) is 36.1 Å². The summed E-state index contributed by atoms with van der Waals surface area (Å²) < 4.78 is 7.37. The summed E-state index contributed by atoms with van der Waals surface area (Å²) in [4.78, 5) is 14.3. The van der Waals surface area contributed by atoms with Gasteiger partial charge in [-0.1, -0.05) is 15.9 Å². The maximum absolute atomic E-state index is 12.5. The quantitative estimate of drug-likeness (QED) is 0.751. The summed E-state index contributed by atoms with van der Waals surface area (Å²) in [5.74, 6) is 0.0465. The highest BCUT2D eigenvalue weighted by Crippen LogP contribution is 2.24. The zero-order chi connectivity index (χ0) is 13.3. The van der Waals surface area contributed by atoms with Gasteiger partial charge in [0.1, 0.15) is 0 Å². The molecule has 2 rings (SSSR count). The normalized spacial score (nSPS) is 24.1. The van der Waals surface area contributed by atoms with Gasteiger partial charge in [0.15, 0.2) is 0 Å². The predicted octanol–water partition coefficient (Wildman–Crippen LogP) is 3.46. The smallest absolute Gasteiger partial charge is 0.255 e. The topological polar surface area (TPSA) is 29.5 Å². The summed E-state index contributed by atoms with van der Waals surface area (Å²) in [6, 6.07) is 5.63. The minimum Gasteiger partial charge on any atom is -0.372 e. The van der Waals surface area contributed by atoms with Crippen LogP contribution in [0.3, 0.4) is 0 Å². The molecule has 3 nitrogen and oxygen atoms in total. The highest BCUT2D eigenvalue weighted by molar-refractivity contribution is 9.11. The number of ether oxygens (including phenoxy) is 1. The number of amides is 1. The maximum atomic E-state index is 12.5. The second kappa shape index (κ2) is 5.72. The van der Waals surface area contributed by atoms with Crippen LogP contribution in [0.15, 0.2) is 27.1 Å². The van der Waals surface area contributed by atoms with Crippen molar-refractivity contribution in [2.24, 2.45) is 0 Å². The van der Waals surface area contributed by atoms with Crippen LogP contribution in [0.5, 0.6) is 0 Å². The Morgan fingerprint density at radius 2 is 1.89 bits per heavy atom. The molecule has 0 N–H and O–H groups in total. The second-order valence-electron chi connectivity index (χ2n) is 4.59. The van der Waals surface area contributed by atoms with Crippen molar-refractivity contribution in [1.82, 2.24) is 4.90 Å². The van der Waals surface area contributed by atoms with Crippen LogP contribution >= 0.6 is 31.9 Å². The van der Waals surface area contributed by atoms with E-state index in [1.165, 1.54) is 0 Å². The minimum absolute atomic E-state index is 0.0465.